The Labute approximate surface area is 157 Å². The van der Waals surface area contributed by atoms with E-state index >= 15 is 0 Å². The molecule has 1 N–H and O–H groups in total. The van der Waals surface area contributed by atoms with Gasteiger partial charge in [-0.25, -0.2) is 4.79 Å². The minimum atomic E-state index is -1.03. The average Bonchev–Trinajstić information content (AvgIpc) is 2.32. The second kappa shape index (κ2) is 7.96. The lowest BCUT2D eigenvalue weighted by Gasteiger charge is -2.24. The van der Waals surface area contributed by atoms with Crippen LogP contribution in [0.1, 0.15) is 13.8 Å². The highest BCUT2D eigenvalue weighted by molar-refractivity contribution is 14.1. The monoisotopic (exact) mass is 615 g/mol. The Morgan fingerprint density at radius 3 is 2.35 bits per heavy atom. The first kappa shape index (κ1) is 18.2. The molecule has 0 aliphatic heterocycles. The lowest BCUT2D eigenvalue weighted by Crippen LogP contribution is -2.30. The number of carbonyl (C=O) groups excluding carboxylic acids is 1. The lowest BCUT2D eigenvalue weighted by atomic mass is 10.2. The molecular weight excluding hydrogens is 603 g/mol. The predicted octanol–water partition coefficient (Wildman–Crippen LogP) is 3.34. The molecule has 8 heteroatoms. The van der Waals surface area contributed by atoms with Gasteiger partial charge in [-0.3, -0.25) is 4.79 Å². The molecule has 0 aliphatic carbocycles. The van der Waals surface area contributed by atoms with E-state index < -0.39 is 12.6 Å². The summed E-state index contributed by atoms with van der Waals surface area (Å²) in [6.45, 7) is 3.53. The Kier molecular flexibility index (Phi) is 7.24. The minimum absolute atomic E-state index is 0.0614. The maximum Gasteiger partial charge on any atom is 0.341 e. The molecule has 20 heavy (non-hydrogen) atoms. The molecule has 0 aliphatic rings. The van der Waals surface area contributed by atoms with Crippen LogP contribution in [0.4, 0.5) is 5.69 Å². The summed E-state index contributed by atoms with van der Waals surface area (Å²) in [4.78, 5) is 24.0. The molecule has 5 nitrogen and oxygen atoms in total. The van der Waals surface area contributed by atoms with Crippen LogP contribution in [0.2, 0.25) is 0 Å². The van der Waals surface area contributed by atoms with Gasteiger partial charge in [-0.15, -0.1) is 0 Å². The molecule has 0 saturated heterocycles. The van der Waals surface area contributed by atoms with Crippen molar-refractivity contribution in [1.82, 2.24) is 0 Å². The van der Waals surface area contributed by atoms with Crippen LogP contribution in [0.3, 0.4) is 0 Å². The summed E-state index contributed by atoms with van der Waals surface area (Å²) >= 11 is 6.35. The molecule has 0 radical (unpaired) electrons. The van der Waals surface area contributed by atoms with E-state index in [1.807, 2.05) is 13.0 Å². The first-order valence-corrected chi connectivity index (χ1v) is 8.83. The van der Waals surface area contributed by atoms with Gasteiger partial charge in [0.15, 0.2) is 6.61 Å². The number of carboxylic acid groups (broad SMARTS) is 1. The average molecular weight is 615 g/mol. The molecule has 0 spiro atoms. The number of rotatable bonds is 5. The number of ether oxygens (including phenoxy) is 1. The standard InChI is InChI=1S/C12H12I3NO4/c1-3-16(6(2)17)11-7(13)4-8(14)12(10(11)15)20-5-9(18)19/h4H,3,5H2,1-2H3,(H,18,19). The summed E-state index contributed by atoms with van der Waals surface area (Å²) < 4.78 is 7.84. The smallest absolute Gasteiger partial charge is 0.341 e. The second-order valence-electron chi connectivity index (χ2n) is 3.78. The Bertz CT molecular complexity index is 548. The summed E-state index contributed by atoms with van der Waals surface area (Å²) in [6, 6.07) is 1.88. The number of anilines is 1. The molecular formula is C12H12I3NO4. The summed E-state index contributed by atoms with van der Waals surface area (Å²) in [5, 5.41) is 8.73. The van der Waals surface area contributed by atoms with Crippen molar-refractivity contribution in [1.29, 1.82) is 0 Å². The summed E-state index contributed by atoms with van der Waals surface area (Å²) in [5.41, 5.74) is 0.766. The molecule has 0 aromatic heterocycles. The van der Waals surface area contributed by atoms with Crippen molar-refractivity contribution in [2.75, 3.05) is 18.1 Å². The highest BCUT2D eigenvalue weighted by Crippen LogP contribution is 2.39. The fourth-order valence-corrected chi connectivity index (χ4v) is 5.88. The molecule has 0 unspecified atom stereocenters. The van der Waals surface area contributed by atoms with Crippen molar-refractivity contribution in [3.8, 4) is 5.75 Å². The quantitative estimate of drug-likeness (QED) is 0.517. The van der Waals surface area contributed by atoms with E-state index in [-0.39, 0.29) is 5.91 Å². The third kappa shape index (κ3) is 4.32. The van der Waals surface area contributed by atoms with Crippen LogP contribution in [0.25, 0.3) is 0 Å². The van der Waals surface area contributed by atoms with E-state index in [2.05, 4.69) is 67.8 Å². The predicted molar refractivity (Wildman–Crippen MR) is 101 cm³/mol. The van der Waals surface area contributed by atoms with Crippen molar-refractivity contribution < 1.29 is 19.4 Å². The summed E-state index contributed by atoms with van der Waals surface area (Å²) in [7, 11) is 0. The molecule has 0 bridgehead atoms. The van der Waals surface area contributed by atoms with Gasteiger partial charge in [0.2, 0.25) is 5.91 Å². The van der Waals surface area contributed by atoms with Crippen molar-refractivity contribution >= 4 is 85.3 Å². The van der Waals surface area contributed by atoms with Crippen molar-refractivity contribution in [2.24, 2.45) is 0 Å². The van der Waals surface area contributed by atoms with Gasteiger partial charge in [-0.1, -0.05) is 0 Å². The first-order chi connectivity index (χ1) is 9.29. The van der Waals surface area contributed by atoms with Crippen LogP contribution in [0.15, 0.2) is 6.07 Å². The fourth-order valence-electron chi connectivity index (χ4n) is 1.61. The van der Waals surface area contributed by atoms with Crippen molar-refractivity contribution in [2.45, 2.75) is 13.8 Å². The van der Waals surface area contributed by atoms with Gasteiger partial charge in [0.05, 0.1) is 12.8 Å². The third-order valence-corrected chi connectivity index (χ3v) is 5.03. The van der Waals surface area contributed by atoms with Gasteiger partial charge in [0, 0.05) is 17.0 Å². The number of carboxylic acids is 1. The van der Waals surface area contributed by atoms with Gasteiger partial charge in [-0.2, -0.15) is 0 Å². The highest BCUT2D eigenvalue weighted by atomic mass is 127. The highest BCUT2D eigenvalue weighted by Gasteiger charge is 2.22. The minimum Gasteiger partial charge on any atom is -0.480 e. The maximum atomic E-state index is 11.7. The molecule has 1 aromatic carbocycles. The SMILES string of the molecule is CCN(C(C)=O)c1c(I)cc(I)c(OCC(=O)O)c1I. The number of nitrogens with zero attached hydrogens (tertiary/aromatic N) is 1. The van der Waals surface area contributed by atoms with Gasteiger partial charge >= 0.3 is 5.97 Å². The zero-order chi connectivity index (χ0) is 15.4. The zero-order valence-electron chi connectivity index (χ0n) is 10.7. The van der Waals surface area contributed by atoms with Gasteiger partial charge in [-0.05, 0) is 80.8 Å². The normalized spacial score (nSPS) is 10.2. The number of carbonyl (C=O) groups is 2. The summed E-state index contributed by atoms with van der Waals surface area (Å²) in [6.07, 6.45) is 0. The number of benzene rings is 1. The topological polar surface area (TPSA) is 66.8 Å². The van der Waals surface area contributed by atoms with Crippen LogP contribution in [0, 0.1) is 10.7 Å². The fraction of sp³-hybridized carbons (Fsp3) is 0.333. The maximum absolute atomic E-state index is 11.7. The summed E-state index contributed by atoms with van der Waals surface area (Å²) in [5.74, 6) is -0.590. The molecule has 0 fully saturated rings. The molecule has 1 aromatic rings. The van der Waals surface area contributed by atoms with Gasteiger partial charge < -0.3 is 14.7 Å². The number of amides is 1. The number of hydrogen-bond donors (Lipinski definition) is 1. The van der Waals surface area contributed by atoms with Crippen LogP contribution < -0.4 is 9.64 Å². The van der Waals surface area contributed by atoms with Crippen LogP contribution in [-0.4, -0.2) is 30.1 Å². The van der Waals surface area contributed by atoms with Gasteiger partial charge in [0.1, 0.15) is 5.75 Å². The Balaban J connectivity index is 3.34. The zero-order valence-corrected chi connectivity index (χ0v) is 17.2. The number of aliphatic carboxylic acids is 1. The van der Waals surface area contributed by atoms with E-state index in [0.29, 0.717) is 12.3 Å². The van der Waals surface area contributed by atoms with Crippen molar-refractivity contribution in [3.63, 3.8) is 0 Å². The van der Waals surface area contributed by atoms with Crippen LogP contribution in [0.5, 0.6) is 5.75 Å². The lowest BCUT2D eigenvalue weighted by molar-refractivity contribution is -0.139. The molecule has 0 heterocycles. The van der Waals surface area contributed by atoms with E-state index in [9.17, 15) is 9.59 Å². The Hall–Kier alpha value is 0.150. The van der Waals surface area contributed by atoms with E-state index in [4.69, 9.17) is 9.84 Å². The van der Waals surface area contributed by atoms with E-state index in [1.54, 1.807) is 4.90 Å². The van der Waals surface area contributed by atoms with Crippen LogP contribution in [-0.2, 0) is 9.59 Å². The molecule has 1 amide bonds. The molecule has 0 atom stereocenters. The molecule has 0 saturated carbocycles. The third-order valence-electron chi connectivity index (χ3n) is 2.41. The van der Waals surface area contributed by atoms with E-state index in [0.717, 1.165) is 16.4 Å². The first-order valence-electron chi connectivity index (χ1n) is 5.59. The number of halogens is 3. The molecule has 110 valence electrons. The second-order valence-corrected chi connectivity index (χ2v) is 7.18. The Morgan fingerprint density at radius 1 is 1.30 bits per heavy atom. The Morgan fingerprint density at radius 2 is 1.90 bits per heavy atom. The van der Waals surface area contributed by atoms with Crippen molar-refractivity contribution in [3.05, 3.63) is 16.8 Å². The number of hydrogen-bond acceptors (Lipinski definition) is 3. The van der Waals surface area contributed by atoms with Gasteiger partial charge in [0.25, 0.3) is 0 Å². The molecule has 1 rings (SSSR count). The van der Waals surface area contributed by atoms with Crippen LogP contribution >= 0.6 is 67.8 Å². The largest absolute Gasteiger partial charge is 0.480 e. The van der Waals surface area contributed by atoms with E-state index in [1.165, 1.54) is 6.92 Å².